The number of rotatable bonds is 6. The van der Waals surface area contributed by atoms with E-state index >= 15 is 0 Å². The molecule has 0 heterocycles. The topological polar surface area (TPSA) is 76.0 Å². The van der Waals surface area contributed by atoms with Crippen LogP contribution in [0.2, 0.25) is 0 Å². The van der Waals surface area contributed by atoms with Gasteiger partial charge in [0, 0.05) is 0 Å². The van der Waals surface area contributed by atoms with Crippen LogP contribution < -0.4 is 0 Å². The maximum Gasteiger partial charge on any atom is 0.304 e. The lowest BCUT2D eigenvalue weighted by Gasteiger charge is -2.06. The van der Waals surface area contributed by atoms with E-state index in [4.69, 9.17) is 10.2 Å². The lowest BCUT2D eigenvalue weighted by atomic mass is 10.5. The highest BCUT2D eigenvalue weighted by molar-refractivity contribution is 7.75. The standard InChI is InChI=1S/C6H14O5S/c1-5(7)3-10-12(9)11-4-6(2)8/h5-8H,3-4H2,1-2H3. The average Bonchev–Trinajstić information content (AvgIpc) is 1.96. The van der Waals surface area contributed by atoms with Crippen molar-refractivity contribution in [1.29, 1.82) is 0 Å². The SMILES string of the molecule is CC(O)COS(=O)OCC(C)O. The lowest BCUT2D eigenvalue weighted by molar-refractivity contribution is 0.0979. The van der Waals surface area contributed by atoms with Crippen LogP contribution in [0.15, 0.2) is 0 Å². The highest BCUT2D eigenvalue weighted by Crippen LogP contribution is 1.93. The summed E-state index contributed by atoms with van der Waals surface area (Å²) in [6, 6.07) is 0. The molecule has 0 aromatic carbocycles. The molecule has 2 N–H and O–H groups in total. The number of aliphatic hydroxyl groups excluding tert-OH is 2. The minimum absolute atomic E-state index is 0.0492. The lowest BCUT2D eigenvalue weighted by Crippen LogP contribution is -2.17. The van der Waals surface area contributed by atoms with Gasteiger partial charge in [-0.1, -0.05) is 0 Å². The Hall–Kier alpha value is -0.0100. The Morgan fingerprint density at radius 2 is 1.50 bits per heavy atom. The molecule has 0 aliphatic carbocycles. The molecular weight excluding hydrogens is 184 g/mol. The molecule has 0 saturated heterocycles. The van der Waals surface area contributed by atoms with Gasteiger partial charge >= 0.3 is 11.4 Å². The maximum absolute atomic E-state index is 10.7. The van der Waals surface area contributed by atoms with E-state index in [1.807, 2.05) is 0 Å². The van der Waals surface area contributed by atoms with Crippen molar-refractivity contribution in [2.45, 2.75) is 26.1 Å². The average molecular weight is 198 g/mol. The van der Waals surface area contributed by atoms with Gasteiger partial charge in [0.2, 0.25) is 0 Å². The predicted molar refractivity (Wildman–Crippen MR) is 43.4 cm³/mol. The molecule has 5 nitrogen and oxygen atoms in total. The second-order valence-corrected chi connectivity index (χ2v) is 3.35. The van der Waals surface area contributed by atoms with Gasteiger partial charge in [0.05, 0.1) is 25.4 Å². The van der Waals surface area contributed by atoms with Crippen molar-refractivity contribution >= 4 is 11.4 Å². The highest BCUT2D eigenvalue weighted by atomic mass is 32.2. The van der Waals surface area contributed by atoms with Crippen molar-refractivity contribution in [3.05, 3.63) is 0 Å². The van der Waals surface area contributed by atoms with E-state index in [-0.39, 0.29) is 13.2 Å². The monoisotopic (exact) mass is 198 g/mol. The fourth-order valence-corrected chi connectivity index (χ4v) is 1.03. The molecule has 0 bridgehead atoms. The van der Waals surface area contributed by atoms with Gasteiger partial charge in [-0.2, -0.15) is 4.21 Å². The summed E-state index contributed by atoms with van der Waals surface area (Å²) in [5.41, 5.74) is 0. The molecule has 0 spiro atoms. The fourth-order valence-electron chi connectivity index (χ4n) is 0.342. The molecular formula is C6H14O5S. The molecule has 2 atom stereocenters. The van der Waals surface area contributed by atoms with Crippen molar-refractivity contribution in [2.75, 3.05) is 13.2 Å². The highest BCUT2D eigenvalue weighted by Gasteiger charge is 2.05. The molecule has 0 radical (unpaired) electrons. The van der Waals surface area contributed by atoms with Gasteiger partial charge in [0.1, 0.15) is 0 Å². The van der Waals surface area contributed by atoms with Crippen LogP contribution in [0.4, 0.5) is 0 Å². The molecule has 2 unspecified atom stereocenters. The van der Waals surface area contributed by atoms with Crippen LogP contribution in [0.1, 0.15) is 13.8 Å². The fraction of sp³-hybridized carbons (Fsp3) is 1.00. The van der Waals surface area contributed by atoms with Crippen molar-refractivity contribution in [2.24, 2.45) is 0 Å². The van der Waals surface area contributed by atoms with E-state index in [0.29, 0.717) is 0 Å². The van der Waals surface area contributed by atoms with Gasteiger partial charge in [-0.3, -0.25) is 8.37 Å². The van der Waals surface area contributed by atoms with Gasteiger partial charge < -0.3 is 10.2 Å². The van der Waals surface area contributed by atoms with Gasteiger partial charge in [-0.15, -0.1) is 0 Å². The first kappa shape index (κ1) is 12.0. The first-order valence-electron chi connectivity index (χ1n) is 3.56. The number of aliphatic hydroxyl groups is 2. The van der Waals surface area contributed by atoms with Crippen LogP contribution in [0.25, 0.3) is 0 Å². The summed E-state index contributed by atoms with van der Waals surface area (Å²) in [5.74, 6) is 0. The Morgan fingerprint density at radius 3 is 1.75 bits per heavy atom. The summed E-state index contributed by atoms with van der Waals surface area (Å²) in [6.07, 6.45) is -1.35. The molecule has 0 aliphatic rings. The first-order valence-corrected chi connectivity index (χ1v) is 4.56. The second kappa shape index (κ2) is 6.50. The van der Waals surface area contributed by atoms with Crippen LogP contribution in [0.3, 0.4) is 0 Å². The van der Waals surface area contributed by atoms with Crippen molar-refractivity contribution in [3.8, 4) is 0 Å². The minimum atomic E-state index is -1.88. The molecule has 0 saturated carbocycles. The smallest absolute Gasteiger partial charge is 0.304 e. The summed E-state index contributed by atoms with van der Waals surface area (Å²) in [5, 5.41) is 17.4. The van der Waals surface area contributed by atoms with Crippen LogP contribution in [-0.2, 0) is 19.7 Å². The molecule has 12 heavy (non-hydrogen) atoms. The van der Waals surface area contributed by atoms with E-state index < -0.39 is 23.6 Å². The van der Waals surface area contributed by atoms with E-state index in [9.17, 15) is 4.21 Å². The van der Waals surface area contributed by atoms with E-state index in [1.54, 1.807) is 0 Å². The molecule has 0 aliphatic heterocycles. The molecule has 0 aromatic heterocycles. The first-order chi connectivity index (χ1) is 5.52. The zero-order valence-electron chi connectivity index (χ0n) is 7.10. The van der Waals surface area contributed by atoms with Crippen LogP contribution in [0.5, 0.6) is 0 Å². The number of hydrogen-bond acceptors (Lipinski definition) is 5. The predicted octanol–water partition coefficient (Wildman–Crippen LogP) is -0.640. The minimum Gasteiger partial charge on any atom is -0.391 e. The van der Waals surface area contributed by atoms with E-state index in [0.717, 1.165) is 0 Å². The third-order valence-corrected chi connectivity index (χ3v) is 1.47. The largest absolute Gasteiger partial charge is 0.391 e. The quantitative estimate of drug-likeness (QED) is 0.593. The number of hydrogen-bond donors (Lipinski definition) is 2. The molecule has 0 fully saturated rings. The zero-order chi connectivity index (χ0) is 9.56. The Morgan fingerprint density at radius 1 is 1.17 bits per heavy atom. The van der Waals surface area contributed by atoms with Crippen molar-refractivity contribution < 1.29 is 22.8 Å². The summed E-state index contributed by atoms with van der Waals surface area (Å²) < 4.78 is 19.8. The molecule has 6 heteroatoms. The van der Waals surface area contributed by atoms with Gasteiger partial charge in [-0.25, -0.2) is 0 Å². The molecule has 0 aromatic rings. The van der Waals surface area contributed by atoms with Crippen molar-refractivity contribution in [1.82, 2.24) is 0 Å². The van der Waals surface area contributed by atoms with E-state index in [1.165, 1.54) is 13.8 Å². The molecule has 0 amide bonds. The van der Waals surface area contributed by atoms with Crippen LogP contribution in [0, 0.1) is 0 Å². The Balaban J connectivity index is 3.34. The second-order valence-electron chi connectivity index (χ2n) is 2.47. The van der Waals surface area contributed by atoms with Crippen LogP contribution in [-0.4, -0.2) is 39.8 Å². The summed E-state index contributed by atoms with van der Waals surface area (Å²) in [6.45, 7) is 2.91. The summed E-state index contributed by atoms with van der Waals surface area (Å²) in [4.78, 5) is 0. The van der Waals surface area contributed by atoms with Gasteiger partial charge in [-0.05, 0) is 13.8 Å². The molecule has 74 valence electrons. The van der Waals surface area contributed by atoms with Gasteiger partial charge in [0.25, 0.3) is 0 Å². The van der Waals surface area contributed by atoms with Crippen molar-refractivity contribution in [3.63, 3.8) is 0 Å². The maximum atomic E-state index is 10.7. The Bertz CT molecular complexity index is 122. The van der Waals surface area contributed by atoms with Crippen LogP contribution >= 0.6 is 0 Å². The summed E-state index contributed by atoms with van der Waals surface area (Å²) in [7, 11) is 0. The summed E-state index contributed by atoms with van der Waals surface area (Å²) >= 11 is -1.88. The zero-order valence-corrected chi connectivity index (χ0v) is 7.91. The van der Waals surface area contributed by atoms with E-state index in [2.05, 4.69) is 8.37 Å². The molecule has 0 rings (SSSR count). The Kier molecular flexibility index (Phi) is 6.49. The normalized spacial score (nSPS) is 18.7. The third-order valence-electron chi connectivity index (χ3n) is 0.811. The third kappa shape index (κ3) is 8.09. The van der Waals surface area contributed by atoms with Gasteiger partial charge in [0.15, 0.2) is 0 Å². The Labute approximate surface area is 74.2 Å².